The molecule has 0 bridgehead atoms. The van der Waals surface area contributed by atoms with Crippen LogP contribution in [-0.4, -0.2) is 9.81 Å². The van der Waals surface area contributed by atoms with Crippen LogP contribution in [0.4, 0.5) is 0 Å². The van der Waals surface area contributed by atoms with Crippen LogP contribution in [-0.2, 0) is 6.42 Å². The number of thiophene rings is 1. The van der Waals surface area contributed by atoms with Crippen LogP contribution in [0.3, 0.4) is 0 Å². The number of pyridine rings is 1. The van der Waals surface area contributed by atoms with E-state index < -0.39 is 0 Å². The average Bonchev–Trinajstić information content (AvgIpc) is 2.51. The summed E-state index contributed by atoms with van der Waals surface area (Å²) >= 11 is 5.32. The SMILES string of the molecule is CC(Br)Cc1nccc2sccc12. The van der Waals surface area contributed by atoms with E-state index >= 15 is 0 Å². The van der Waals surface area contributed by atoms with Crippen molar-refractivity contribution in [2.45, 2.75) is 18.2 Å². The molecule has 2 rings (SSSR count). The number of aromatic nitrogens is 1. The minimum atomic E-state index is 0.491. The summed E-state index contributed by atoms with van der Waals surface area (Å²) in [6, 6.07) is 4.22. The molecule has 1 nitrogen and oxygen atoms in total. The second kappa shape index (κ2) is 3.76. The minimum Gasteiger partial charge on any atom is -0.261 e. The van der Waals surface area contributed by atoms with E-state index in [1.54, 1.807) is 11.3 Å². The predicted octanol–water partition coefficient (Wildman–Crippen LogP) is 3.62. The largest absolute Gasteiger partial charge is 0.261 e. The molecule has 0 aliphatic heterocycles. The molecule has 68 valence electrons. The Hall–Kier alpha value is -0.410. The molecule has 0 amide bonds. The summed E-state index contributed by atoms with van der Waals surface area (Å²) in [5.41, 5.74) is 1.20. The third-order valence-corrected chi connectivity index (χ3v) is 3.14. The van der Waals surface area contributed by atoms with E-state index in [2.05, 4.69) is 45.4 Å². The van der Waals surface area contributed by atoms with Crippen LogP contribution < -0.4 is 0 Å². The molecule has 2 aromatic heterocycles. The Bertz CT molecular complexity index is 408. The molecule has 1 atom stereocenters. The quantitative estimate of drug-likeness (QED) is 0.748. The third kappa shape index (κ3) is 1.92. The maximum absolute atomic E-state index is 4.40. The molecule has 0 aromatic carbocycles. The molecular weight excluding hydrogens is 246 g/mol. The first-order valence-electron chi connectivity index (χ1n) is 4.22. The van der Waals surface area contributed by atoms with E-state index in [-0.39, 0.29) is 0 Å². The van der Waals surface area contributed by atoms with Crippen molar-refractivity contribution < 1.29 is 0 Å². The van der Waals surface area contributed by atoms with E-state index in [0.29, 0.717) is 4.83 Å². The lowest BCUT2D eigenvalue weighted by atomic mass is 10.1. The van der Waals surface area contributed by atoms with Gasteiger partial charge >= 0.3 is 0 Å². The van der Waals surface area contributed by atoms with Crippen molar-refractivity contribution in [3.63, 3.8) is 0 Å². The van der Waals surface area contributed by atoms with Gasteiger partial charge in [-0.25, -0.2) is 0 Å². The van der Waals surface area contributed by atoms with Crippen LogP contribution >= 0.6 is 27.3 Å². The molecule has 0 fully saturated rings. The summed E-state index contributed by atoms with van der Waals surface area (Å²) < 4.78 is 1.33. The monoisotopic (exact) mass is 255 g/mol. The van der Waals surface area contributed by atoms with Crippen LogP contribution in [0.25, 0.3) is 10.1 Å². The van der Waals surface area contributed by atoms with Gasteiger partial charge in [0.2, 0.25) is 0 Å². The molecule has 13 heavy (non-hydrogen) atoms. The normalized spacial score (nSPS) is 13.4. The van der Waals surface area contributed by atoms with Crippen LogP contribution in [0.1, 0.15) is 12.6 Å². The fraction of sp³-hybridized carbons (Fsp3) is 0.300. The lowest BCUT2D eigenvalue weighted by Gasteiger charge is -2.03. The molecule has 0 aliphatic rings. The maximum atomic E-state index is 4.40. The van der Waals surface area contributed by atoms with E-state index in [4.69, 9.17) is 0 Å². The van der Waals surface area contributed by atoms with Gasteiger partial charge in [-0.05, 0) is 17.5 Å². The molecule has 0 aliphatic carbocycles. The zero-order valence-corrected chi connectivity index (χ0v) is 9.73. The van der Waals surface area contributed by atoms with Crippen molar-refractivity contribution in [2.24, 2.45) is 0 Å². The summed E-state index contributed by atoms with van der Waals surface area (Å²) in [4.78, 5) is 4.89. The number of hydrogen-bond acceptors (Lipinski definition) is 2. The summed E-state index contributed by atoms with van der Waals surface area (Å²) in [7, 11) is 0. The van der Waals surface area contributed by atoms with Crippen LogP contribution in [0, 0.1) is 0 Å². The average molecular weight is 256 g/mol. The first-order chi connectivity index (χ1) is 6.27. The number of hydrogen-bond donors (Lipinski definition) is 0. The van der Waals surface area contributed by atoms with Gasteiger partial charge < -0.3 is 0 Å². The Kier molecular flexibility index (Phi) is 2.65. The Balaban J connectivity index is 2.48. The molecule has 3 heteroatoms. The van der Waals surface area contributed by atoms with Gasteiger partial charge in [-0.1, -0.05) is 22.9 Å². The van der Waals surface area contributed by atoms with Crippen molar-refractivity contribution in [2.75, 3.05) is 0 Å². The Morgan fingerprint density at radius 3 is 3.15 bits per heavy atom. The van der Waals surface area contributed by atoms with Gasteiger partial charge in [0.25, 0.3) is 0 Å². The molecular formula is C10H10BrNS. The van der Waals surface area contributed by atoms with Crippen molar-refractivity contribution in [3.8, 4) is 0 Å². The fourth-order valence-corrected chi connectivity index (χ4v) is 2.49. The Morgan fingerprint density at radius 1 is 1.54 bits per heavy atom. The van der Waals surface area contributed by atoms with Gasteiger partial charge in [0.05, 0.1) is 5.69 Å². The number of alkyl halides is 1. The Labute approximate surface area is 89.9 Å². The van der Waals surface area contributed by atoms with Crippen LogP contribution in [0.2, 0.25) is 0 Å². The van der Waals surface area contributed by atoms with Gasteiger partial charge in [0.15, 0.2) is 0 Å². The zero-order chi connectivity index (χ0) is 9.26. The lowest BCUT2D eigenvalue weighted by molar-refractivity contribution is 0.926. The van der Waals surface area contributed by atoms with Crippen molar-refractivity contribution in [3.05, 3.63) is 29.4 Å². The van der Waals surface area contributed by atoms with Gasteiger partial charge in [0.1, 0.15) is 0 Å². The molecule has 0 saturated heterocycles. The van der Waals surface area contributed by atoms with E-state index in [1.165, 1.54) is 15.8 Å². The predicted molar refractivity (Wildman–Crippen MR) is 61.7 cm³/mol. The summed E-state index contributed by atoms with van der Waals surface area (Å²) in [5, 5.41) is 3.42. The number of rotatable bonds is 2. The number of nitrogens with zero attached hydrogens (tertiary/aromatic N) is 1. The van der Waals surface area contributed by atoms with Gasteiger partial charge in [0, 0.05) is 27.5 Å². The highest BCUT2D eigenvalue weighted by Crippen LogP contribution is 2.24. The van der Waals surface area contributed by atoms with E-state index in [0.717, 1.165) is 6.42 Å². The minimum absolute atomic E-state index is 0.491. The standard InChI is InChI=1S/C10H10BrNS/c1-7(11)6-9-8-3-5-13-10(8)2-4-12-9/h2-5,7H,6H2,1H3. The first kappa shape index (κ1) is 9.16. The topological polar surface area (TPSA) is 12.9 Å². The van der Waals surface area contributed by atoms with Gasteiger partial charge in [-0.15, -0.1) is 11.3 Å². The molecule has 0 spiro atoms. The van der Waals surface area contributed by atoms with Crippen LogP contribution in [0.15, 0.2) is 23.7 Å². The maximum Gasteiger partial charge on any atom is 0.0501 e. The molecule has 2 heterocycles. The molecule has 2 aromatic rings. The molecule has 0 N–H and O–H groups in total. The lowest BCUT2D eigenvalue weighted by Crippen LogP contribution is -1.98. The summed E-state index contributed by atoms with van der Waals surface area (Å²) in [6.07, 6.45) is 2.89. The Morgan fingerprint density at radius 2 is 2.38 bits per heavy atom. The number of halogens is 1. The summed E-state index contributed by atoms with van der Waals surface area (Å²) in [6.45, 7) is 2.15. The van der Waals surface area contributed by atoms with Gasteiger partial charge in [-0.3, -0.25) is 4.98 Å². The zero-order valence-electron chi connectivity index (χ0n) is 7.33. The highest BCUT2D eigenvalue weighted by atomic mass is 79.9. The van der Waals surface area contributed by atoms with Crippen molar-refractivity contribution in [1.29, 1.82) is 0 Å². The van der Waals surface area contributed by atoms with E-state index in [1.807, 2.05) is 6.20 Å². The second-order valence-corrected chi connectivity index (χ2v) is 5.59. The highest BCUT2D eigenvalue weighted by molar-refractivity contribution is 9.09. The smallest absolute Gasteiger partial charge is 0.0501 e. The number of fused-ring (bicyclic) bond motifs is 1. The summed E-state index contributed by atoms with van der Waals surface area (Å²) in [5.74, 6) is 0. The van der Waals surface area contributed by atoms with E-state index in [9.17, 15) is 0 Å². The van der Waals surface area contributed by atoms with Crippen molar-refractivity contribution in [1.82, 2.24) is 4.98 Å². The first-order valence-corrected chi connectivity index (χ1v) is 6.02. The van der Waals surface area contributed by atoms with Gasteiger partial charge in [-0.2, -0.15) is 0 Å². The fourth-order valence-electron chi connectivity index (χ4n) is 1.38. The second-order valence-electron chi connectivity index (χ2n) is 3.07. The molecule has 1 unspecified atom stereocenters. The van der Waals surface area contributed by atoms with Crippen molar-refractivity contribution >= 4 is 37.4 Å². The molecule has 0 saturated carbocycles. The van der Waals surface area contributed by atoms with Crippen LogP contribution in [0.5, 0.6) is 0 Å². The third-order valence-electron chi connectivity index (χ3n) is 1.94. The highest BCUT2D eigenvalue weighted by Gasteiger charge is 2.05. The molecule has 0 radical (unpaired) electrons.